The van der Waals surface area contributed by atoms with Crippen LogP contribution < -0.4 is 16.0 Å². The standard InChI is InChI=1S/C10H10BrN3O4/c11-7-2-1-6(18-7)9(16)12-4-3-5-8(15)14-10(17)13-5/h1-2,5H,3-4H2,(H,12,16)(H2,13,14,15,17). The van der Waals surface area contributed by atoms with Crippen LogP contribution in [0.5, 0.6) is 0 Å². The summed E-state index contributed by atoms with van der Waals surface area (Å²) in [5, 5.41) is 7.14. The van der Waals surface area contributed by atoms with Crippen LogP contribution in [0.1, 0.15) is 17.0 Å². The molecule has 96 valence electrons. The maximum absolute atomic E-state index is 11.6. The highest BCUT2D eigenvalue weighted by atomic mass is 79.9. The molecule has 3 N–H and O–H groups in total. The van der Waals surface area contributed by atoms with Crippen molar-refractivity contribution in [2.75, 3.05) is 6.54 Å². The summed E-state index contributed by atoms with van der Waals surface area (Å²) in [4.78, 5) is 33.6. The number of urea groups is 1. The molecule has 7 nitrogen and oxygen atoms in total. The maximum Gasteiger partial charge on any atom is 0.322 e. The Morgan fingerprint density at radius 3 is 2.78 bits per heavy atom. The molecule has 4 amide bonds. The van der Waals surface area contributed by atoms with Crippen molar-refractivity contribution in [1.82, 2.24) is 16.0 Å². The molecule has 1 aliphatic heterocycles. The first kappa shape index (κ1) is 12.6. The van der Waals surface area contributed by atoms with Crippen molar-refractivity contribution in [3.8, 4) is 0 Å². The Labute approximate surface area is 110 Å². The number of carbonyl (C=O) groups excluding carboxylic acids is 3. The lowest BCUT2D eigenvalue weighted by atomic mass is 10.2. The van der Waals surface area contributed by atoms with Crippen molar-refractivity contribution in [3.63, 3.8) is 0 Å². The van der Waals surface area contributed by atoms with Crippen LogP contribution in [0.15, 0.2) is 21.2 Å². The highest BCUT2D eigenvalue weighted by molar-refractivity contribution is 9.10. The van der Waals surface area contributed by atoms with Gasteiger partial charge in [0, 0.05) is 6.54 Å². The highest BCUT2D eigenvalue weighted by Crippen LogP contribution is 2.13. The normalized spacial score (nSPS) is 18.4. The molecule has 8 heteroatoms. The second kappa shape index (κ2) is 5.21. The molecule has 1 aromatic heterocycles. The minimum Gasteiger partial charge on any atom is -0.444 e. The number of hydrogen-bond donors (Lipinski definition) is 3. The number of amides is 4. The van der Waals surface area contributed by atoms with E-state index in [4.69, 9.17) is 4.42 Å². The van der Waals surface area contributed by atoms with Crippen LogP contribution in [0.25, 0.3) is 0 Å². The summed E-state index contributed by atoms with van der Waals surface area (Å²) >= 11 is 3.09. The second-order valence-electron chi connectivity index (χ2n) is 3.66. The van der Waals surface area contributed by atoms with E-state index < -0.39 is 12.1 Å². The van der Waals surface area contributed by atoms with Gasteiger partial charge in [0.1, 0.15) is 6.04 Å². The number of imide groups is 1. The van der Waals surface area contributed by atoms with Crippen LogP contribution >= 0.6 is 15.9 Å². The smallest absolute Gasteiger partial charge is 0.322 e. The largest absolute Gasteiger partial charge is 0.444 e. The van der Waals surface area contributed by atoms with Crippen LogP contribution in [0.3, 0.4) is 0 Å². The second-order valence-corrected chi connectivity index (χ2v) is 4.45. The van der Waals surface area contributed by atoms with Gasteiger partial charge in [-0.25, -0.2) is 4.79 Å². The number of furan rings is 1. The minimum atomic E-state index is -0.596. The molecule has 1 aromatic rings. The number of halogens is 1. The molecular weight excluding hydrogens is 306 g/mol. The van der Waals surface area contributed by atoms with Crippen LogP contribution in [0.4, 0.5) is 4.79 Å². The molecule has 1 unspecified atom stereocenters. The van der Waals surface area contributed by atoms with Gasteiger partial charge in [-0.2, -0.15) is 0 Å². The average molecular weight is 316 g/mol. The van der Waals surface area contributed by atoms with Crippen LogP contribution in [0, 0.1) is 0 Å². The first-order valence-electron chi connectivity index (χ1n) is 5.21. The number of rotatable bonds is 4. The van der Waals surface area contributed by atoms with E-state index in [-0.39, 0.29) is 24.1 Å². The summed E-state index contributed by atoms with van der Waals surface area (Å²) in [5.41, 5.74) is 0. The van der Waals surface area contributed by atoms with Gasteiger partial charge in [0.05, 0.1) is 0 Å². The van der Waals surface area contributed by atoms with Crippen molar-refractivity contribution in [2.45, 2.75) is 12.5 Å². The quantitative estimate of drug-likeness (QED) is 0.699. The van der Waals surface area contributed by atoms with Crippen LogP contribution in [0.2, 0.25) is 0 Å². The first-order valence-corrected chi connectivity index (χ1v) is 6.00. The predicted octanol–water partition coefficient (Wildman–Crippen LogP) is 0.370. The molecule has 1 aliphatic rings. The van der Waals surface area contributed by atoms with E-state index in [0.29, 0.717) is 11.1 Å². The fourth-order valence-electron chi connectivity index (χ4n) is 1.52. The Balaban J connectivity index is 1.77. The van der Waals surface area contributed by atoms with Crippen LogP contribution in [-0.4, -0.2) is 30.4 Å². The summed E-state index contributed by atoms with van der Waals surface area (Å²) in [6.07, 6.45) is 0.325. The van der Waals surface area contributed by atoms with E-state index >= 15 is 0 Å². The number of hydrogen-bond acceptors (Lipinski definition) is 4. The topological polar surface area (TPSA) is 100 Å². The zero-order chi connectivity index (χ0) is 13.1. The van der Waals surface area contributed by atoms with E-state index in [0.717, 1.165) is 0 Å². The van der Waals surface area contributed by atoms with Gasteiger partial charge in [-0.05, 0) is 34.5 Å². The van der Waals surface area contributed by atoms with Crippen molar-refractivity contribution < 1.29 is 18.8 Å². The third kappa shape index (κ3) is 2.89. The fourth-order valence-corrected chi connectivity index (χ4v) is 1.82. The molecule has 2 heterocycles. The van der Waals surface area contributed by atoms with Crippen molar-refractivity contribution in [3.05, 3.63) is 22.6 Å². The molecule has 0 spiro atoms. The molecule has 1 saturated heterocycles. The van der Waals surface area contributed by atoms with E-state index in [2.05, 4.69) is 31.9 Å². The lowest BCUT2D eigenvalue weighted by Crippen LogP contribution is -2.34. The summed E-state index contributed by atoms with van der Waals surface area (Å²) in [7, 11) is 0. The molecule has 0 radical (unpaired) electrons. The molecule has 1 fully saturated rings. The van der Waals surface area contributed by atoms with E-state index in [1.165, 1.54) is 6.07 Å². The van der Waals surface area contributed by atoms with E-state index in [1.54, 1.807) is 6.07 Å². The SMILES string of the molecule is O=C1NC(=O)C(CCNC(=O)c2ccc(Br)o2)N1. The Kier molecular flexibility index (Phi) is 3.66. The van der Waals surface area contributed by atoms with Crippen molar-refractivity contribution >= 4 is 33.8 Å². The summed E-state index contributed by atoms with van der Waals surface area (Å²) < 4.78 is 5.53. The summed E-state index contributed by atoms with van der Waals surface area (Å²) in [5.74, 6) is -0.567. The lowest BCUT2D eigenvalue weighted by molar-refractivity contribution is -0.120. The third-order valence-electron chi connectivity index (χ3n) is 2.37. The predicted molar refractivity (Wildman–Crippen MR) is 63.8 cm³/mol. The molecule has 1 atom stereocenters. The third-order valence-corrected chi connectivity index (χ3v) is 2.80. The average Bonchev–Trinajstić information content (AvgIpc) is 2.86. The lowest BCUT2D eigenvalue weighted by Gasteiger charge is -2.07. The van der Waals surface area contributed by atoms with E-state index in [1.807, 2.05) is 0 Å². The Morgan fingerprint density at radius 1 is 1.44 bits per heavy atom. The molecule has 0 aliphatic carbocycles. The molecule has 0 saturated carbocycles. The first-order chi connectivity index (χ1) is 8.56. The molecule has 18 heavy (non-hydrogen) atoms. The molecule has 0 bridgehead atoms. The van der Waals surface area contributed by atoms with Crippen molar-refractivity contribution in [2.24, 2.45) is 0 Å². The van der Waals surface area contributed by atoms with Gasteiger partial charge in [-0.1, -0.05) is 0 Å². The molecule has 0 aromatic carbocycles. The minimum absolute atomic E-state index is 0.182. The van der Waals surface area contributed by atoms with Gasteiger partial charge in [0.15, 0.2) is 10.4 Å². The summed E-state index contributed by atoms with van der Waals surface area (Å²) in [6, 6.07) is 2.04. The molecule has 2 rings (SSSR count). The van der Waals surface area contributed by atoms with Gasteiger partial charge in [0.25, 0.3) is 11.8 Å². The number of carbonyl (C=O) groups is 3. The Morgan fingerprint density at radius 2 is 2.22 bits per heavy atom. The highest BCUT2D eigenvalue weighted by Gasteiger charge is 2.28. The van der Waals surface area contributed by atoms with Gasteiger partial charge in [-0.15, -0.1) is 0 Å². The summed E-state index contributed by atoms with van der Waals surface area (Å²) in [6.45, 7) is 0.259. The van der Waals surface area contributed by atoms with E-state index in [9.17, 15) is 14.4 Å². The van der Waals surface area contributed by atoms with Gasteiger partial charge in [-0.3, -0.25) is 14.9 Å². The zero-order valence-corrected chi connectivity index (χ0v) is 10.7. The van der Waals surface area contributed by atoms with Gasteiger partial charge in [0.2, 0.25) is 0 Å². The van der Waals surface area contributed by atoms with Gasteiger partial charge >= 0.3 is 6.03 Å². The Bertz CT molecular complexity index is 499. The van der Waals surface area contributed by atoms with Crippen molar-refractivity contribution in [1.29, 1.82) is 0 Å². The molecular formula is C10H10BrN3O4. The van der Waals surface area contributed by atoms with Gasteiger partial charge < -0.3 is 15.1 Å². The Hall–Kier alpha value is -1.83. The monoisotopic (exact) mass is 315 g/mol. The number of nitrogens with one attached hydrogen (secondary N) is 3. The zero-order valence-electron chi connectivity index (χ0n) is 9.16. The maximum atomic E-state index is 11.6. The van der Waals surface area contributed by atoms with Crippen LogP contribution in [-0.2, 0) is 4.79 Å². The fraction of sp³-hybridized carbons (Fsp3) is 0.300.